The van der Waals surface area contributed by atoms with E-state index in [1.165, 1.54) is 0 Å². The lowest BCUT2D eigenvalue weighted by molar-refractivity contribution is -0.125. The lowest BCUT2D eigenvalue weighted by Crippen LogP contribution is -2.49. The number of nitrogens with one attached hydrogen (secondary N) is 1. The molecule has 4 heteroatoms. The smallest absolute Gasteiger partial charge is 0.233 e. The Hall–Kier alpha value is -0.0900. The van der Waals surface area contributed by atoms with Crippen molar-refractivity contribution in [2.45, 2.75) is 62.9 Å². The highest BCUT2D eigenvalue weighted by Gasteiger charge is 2.35. The number of rotatable bonds is 4. The van der Waals surface area contributed by atoms with Crippen LogP contribution < -0.4 is 5.32 Å². The van der Waals surface area contributed by atoms with E-state index in [0.29, 0.717) is 0 Å². The van der Waals surface area contributed by atoms with Crippen molar-refractivity contribution in [1.29, 1.82) is 0 Å². The van der Waals surface area contributed by atoms with E-state index in [-0.39, 0.29) is 22.4 Å². The number of amides is 1. The minimum absolute atomic E-state index is 0.0221. The average molecular weight is 292 g/mol. The predicted molar refractivity (Wildman–Crippen MR) is 68.8 cm³/mol. The molecule has 0 aromatic heterocycles. The topological polar surface area (TPSA) is 38.3 Å². The zero-order valence-corrected chi connectivity index (χ0v) is 12.0. The summed E-state index contributed by atoms with van der Waals surface area (Å²) in [5.74, 6) is 0.0769. The molecule has 1 aliphatic rings. The molecule has 1 amide bonds. The van der Waals surface area contributed by atoms with Gasteiger partial charge in [-0.3, -0.25) is 4.79 Å². The number of ether oxygens (including phenoxy) is 1. The Morgan fingerprint density at radius 1 is 1.56 bits per heavy atom. The molecule has 1 fully saturated rings. The van der Waals surface area contributed by atoms with Crippen molar-refractivity contribution in [1.82, 2.24) is 5.32 Å². The minimum Gasteiger partial charge on any atom is -0.375 e. The first-order valence-electron chi connectivity index (χ1n) is 6.11. The second-order valence-electron chi connectivity index (χ2n) is 4.55. The molecule has 0 spiro atoms. The molecule has 0 bridgehead atoms. The van der Waals surface area contributed by atoms with Crippen LogP contribution in [0.2, 0.25) is 0 Å². The van der Waals surface area contributed by atoms with E-state index in [9.17, 15) is 4.79 Å². The number of halogens is 1. The summed E-state index contributed by atoms with van der Waals surface area (Å²) in [5.41, 5.74) is -0.0221. The van der Waals surface area contributed by atoms with E-state index in [4.69, 9.17) is 4.74 Å². The van der Waals surface area contributed by atoms with Gasteiger partial charge in [0.1, 0.15) is 0 Å². The maximum absolute atomic E-state index is 11.6. The van der Waals surface area contributed by atoms with Gasteiger partial charge >= 0.3 is 0 Å². The molecule has 94 valence electrons. The van der Waals surface area contributed by atoms with Gasteiger partial charge in [-0.2, -0.15) is 0 Å². The van der Waals surface area contributed by atoms with E-state index in [0.717, 1.165) is 32.3 Å². The fourth-order valence-electron chi connectivity index (χ4n) is 2.21. The summed E-state index contributed by atoms with van der Waals surface area (Å²) in [6.07, 6.45) is 3.89. The lowest BCUT2D eigenvalue weighted by atomic mass is 9.86. The molecule has 1 heterocycles. The van der Waals surface area contributed by atoms with Crippen molar-refractivity contribution in [3.05, 3.63) is 0 Å². The minimum atomic E-state index is -0.118. The van der Waals surface area contributed by atoms with Gasteiger partial charge in [0.2, 0.25) is 5.91 Å². The Balaban J connectivity index is 2.53. The fraction of sp³-hybridized carbons (Fsp3) is 0.917. The molecule has 1 N–H and O–H groups in total. The summed E-state index contributed by atoms with van der Waals surface area (Å²) < 4.78 is 5.87. The summed E-state index contributed by atoms with van der Waals surface area (Å²) in [6.45, 7) is 6.91. The SMILES string of the molecule is CCC1(CC)CC(NC(=O)C(C)Br)CCO1. The Bertz CT molecular complexity index is 239. The lowest BCUT2D eigenvalue weighted by Gasteiger charge is -2.40. The highest BCUT2D eigenvalue weighted by molar-refractivity contribution is 9.10. The second-order valence-corrected chi connectivity index (χ2v) is 5.93. The molecule has 0 saturated carbocycles. The van der Waals surface area contributed by atoms with Crippen LogP contribution >= 0.6 is 15.9 Å². The fourth-order valence-corrected chi connectivity index (χ4v) is 2.34. The first kappa shape index (κ1) is 14.0. The zero-order valence-electron chi connectivity index (χ0n) is 10.4. The van der Waals surface area contributed by atoms with Crippen LogP contribution in [0.25, 0.3) is 0 Å². The van der Waals surface area contributed by atoms with Crippen LogP contribution in [-0.4, -0.2) is 29.0 Å². The molecule has 0 aromatic carbocycles. The average Bonchev–Trinajstić information content (AvgIpc) is 2.29. The molecule has 0 radical (unpaired) electrons. The van der Waals surface area contributed by atoms with Crippen LogP contribution in [-0.2, 0) is 9.53 Å². The van der Waals surface area contributed by atoms with Crippen LogP contribution in [0.5, 0.6) is 0 Å². The van der Waals surface area contributed by atoms with E-state index < -0.39 is 0 Å². The monoisotopic (exact) mass is 291 g/mol. The van der Waals surface area contributed by atoms with E-state index in [2.05, 4.69) is 35.1 Å². The Labute approximate surface area is 106 Å². The summed E-state index contributed by atoms with van der Waals surface area (Å²) >= 11 is 3.29. The molecular weight excluding hydrogens is 270 g/mol. The van der Waals surface area contributed by atoms with Gasteiger partial charge in [-0.05, 0) is 32.6 Å². The third kappa shape index (κ3) is 3.45. The molecule has 3 nitrogen and oxygen atoms in total. The largest absolute Gasteiger partial charge is 0.375 e. The van der Waals surface area contributed by atoms with Crippen LogP contribution in [0.15, 0.2) is 0 Å². The van der Waals surface area contributed by atoms with Crippen molar-refractivity contribution in [2.75, 3.05) is 6.61 Å². The van der Waals surface area contributed by atoms with Crippen molar-refractivity contribution in [3.8, 4) is 0 Å². The van der Waals surface area contributed by atoms with Gasteiger partial charge in [-0.15, -0.1) is 0 Å². The normalized spacial score (nSPS) is 26.1. The number of carbonyl (C=O) groups excluding carboxylic acids is 1. The third-order valence-corrected chi connectivity index (χ3v) is 3.91. The molecular formula is C12H22BrNO2. The zero-order chi connectivity index (χ0) is 12.2. The number of carbonyl (C=O) groups is 1. The first-order chi connectivity index (χ1) is 7.53. The molecule has 0 aliphatic carbocycles. The quantitative estimate of drug-likeness (QED) is 0.809. The van der Waals surface area contributed by atoms with Gasteiger partial charge in [0, 0.05) is 12.6 Å². The van der Waals surface area contributed by atoms with Gasteiger partial charge < -0.3 is 10.1 Å². The molecule has 2 atom stereocenters. The molecule has 2 unspecified atom stereocenters. The number of hydrogen-bond acceptors (Lipinski definition) is 2. The summed E-state index contributed by atoms with van der Waals surface area (Å²) in [5, 5.41) is 3.08. The first-order valence-corrected chi connectivity index (χ1v) is 7.03. The van der Waals surface area contributed by atoms with Crippen molar-refractivity contribution < 1.29 is 9.53 Å². The Morgan fingerprint density at radius 3 is 2.69 bits per heavy atom. The standard InChI is InChI=1S/C12H22BrNO2/c1-4-12(5-2)8-10(6-7-16-12)14-11(15)9(3)13/h9-10H,4-8H2,1-3H3,(H,14,15). The van der Waals surface area contributed by atoms with Gasteiger partial charge in [-0.1, -0.05) is 29.8 Å². The van der Waals surface area contributed by atoms with Crippen molar-refractivity contribution in [2.24, 2.45) is 0 Å². The van der Waals surface area contributed by atoms with E-state index >= 15 is 0 Å². The van der Waals surface area contributed by atoms with Crippen molar-refractivity contribution in [3.63, 3.8) is 0 Å². The van der Waals surface area contributed by atoms with E-state index in [1.807, 2.05) is 6.92 Å². The summed E-state index contributed by atoms with van der Waals surface area (Å²) in [4.78, 5) is 11.5. The van der Waals surface area contributed by atoms with Gasteiger partial charge in [0.25, 0.3) is 0 Å². The van der Waals surface area contributed by atoms with Crippen LogP contribution in [0.3, 0.4) is 0 Å². The molecule has 1 saturated heterocycles. The van der Waals surface area contributed by atoms with Gasteiger partial charge in [0.05, 0.1) is 10.4 Å². The molecule has 1 rings (SSSR count). The number of alkyl halides is 1. The summed E-state index contributed by atoms with van der Waals surface area (Å²) in [7, 11) is 0. The highest BCUT2D eigenvalue weighted by atomic mass is 79.9. The van der Waals surface area contributed by atoms with Gasteiger partial charge in [-0.25, -0.2) is 0 Å². The van der Waals surface area contributed by atoms with Crippen LogP contribution in [0.1, 0.15) is 46.5 Å². The second kappa shape index (κ2) is 6.01. The molecule has 1 aliphatic heterocycles. The maximum atomic E-state index is 11.6. The Kier molecular flexibility index (Phi) is 5.25. The van der Waals surface area contributed by atoms with Crippen LogP contribution in [0, 0.1) is 0 Å². The van der Waals surface area contributed by atoms with Crippen molar-refractivity contribution >= 4 is 21.8 Å². The highest BCUT2D eigenvalue weighted by Crippen LogP contribution is 2.31. The van der Waals surface area contributed by atoms with E-state index in [1.54, 1.807) is 0 Å². The van der Waals surface area contributed by atoms with Crippen LogP contribution in [0.4, 0.5) is 0 Å². The maximum Gasteiger partial charge on any atom is 0.233 e. The molecule has 16 heavy (non-hydrogen) atoms. The van der Waals surface area contributed by atoms with Gasteiger partial charge in [0.15, 0.2) is 0 Å². The Morgan fingerprint density at radius 2 is 2.19 bits per heavy atom. The summed E-state index contributed by atoms with van der Waals surface area (Å²) in [6, 6.07) is 0.265. The number of hydrogen-bond donors (Lipinski definition) is 1. The molecule has 0 aromatic rings. The predicted octanol–water partition coefficient (Wildman–Crippen LogP) is 2.62. The third-order valence-electron chi connectivity index (χ3n) is 3.49.